The monoisotopic (exact) mass is 473 g/mol. The van der Waals surface area contributed by atoms with Crippen molar-refractivity contribution in [3.8, 4) is 11.3 Å². The number of carbonyl (C=O) groups is 1. The summed E-state index contributed by atoms with van der Waals surface area (Å²) >= 11 is 1.70. The minimum absolute atomic E-state index is 0.185. The molecule has 0 atom stereocenters. The van der Waals surface area contributed by atoms with Crippen molar-refractivity contribution in [2.75, 3.05) is 24.2 Å². The van der Waals surface area contributed by atoms with Crippen molar-refractivity contribution < 1.29 is 9.90 Å². The van der Waals surface area contributed by atoms with E-state index in [4.69, 9.17) is 4.98 Å². The summed E-state index contributed by atoms with van der Waals surface area (Å²) in [6.45, 7) is 1.65. The Bertz CT molecular complexity index is 1260. The van der Waals surface area contributed by atoms with E-state index in [0.717, 1.165) is 22.6 Å². The molecule has 174 valence electrons. The number of amides is 1. The van der Waals surface area contributed by atoms with Crippen LogP contribution in [0.15, 0.2) is 71.9 Å². The van der Waals surface area contributed by atoms with Gasteiger partial charge in [-0.15, -0.1) is 11.8 Å². The summed E-state index contributed by atoms with van der Waals surface area (Å²) in [5.74, 6) is 0.473. The first-order valence-corrected chi connectivity index (χ1v) is 12.6. The van der Waals surface area contributed by atoms with Crippen molar-refractivity contribution in [3.63, 3.8) is 0 Å². The zero-order chi connectivity index (χ0) is 23.5. The zero-order valence-electron chi connectivity index (χ0n) is 19.0. The molecule has 4 aromatic rings. The number of piperidine rings is 1. The Labute approximate surface area is 202 Å². The van der Waals surface area contributed by atoms with Crippen LogP contribution in [0.1, 0.15) is 28.9 Å². The lowest BCUT2D eigenvalue weighted by Gasteiger charge is -2.32. The molecule has 1 aliphatic rings. The van der Waals surface area contributed by atoms with Gasteiger partial charge in [0.2, 0.25) is 0 Å². The lowest BCUT2D eigenvalue weighted by atomic mass is 10.1. The first kappa shape index (κ1) is 22.4. The van der Waals surface area contributed by atoms with Crippen LogP contribution in [0.4, 0.5) is 5.82 Å². The van der Waals surface area contributed by atoms with Gasteiger partial charge in [0.15, 0.2) is 0 Å². The molecule has 3 aromatic heterocycles. The van der Waals surface area contributed by atoms with E-state index in [1.807, 2.05) is 47.1 Å². The minimum Gasteiger partial charge on any atom is -0.393 e. The van der Waals surface area contributed by atoms with Crippen LogP contribution < -0.4 is 10.2 Å². The molecule has 5 rings (SSSR count). The average molecular weight is 474 g/mol. The average Bonchev–Trinajstić information content (AvgIpc) is 3.30. The number of thioether (sulfide) groups is 1. The third-order valence-electron chi connectivity index (χ3n) is 6.11. The number of imidazole rings is 1. The largest absolute Gasteiger partial charge is 0.393 e. The van der Waals surface area contributed by atoms with Crippen LogP contribution in [0.3, 0.4) is 0 Å². The molecule has 34 heavy (non-hydrogen) atoms. The van der Waals surface area contributed by atoms with E-state index < -0.39 is 0 Å². The highest BCUT2D eigenvalue weighted by Crippen LogP contribution is 2.28. The molecular formula is C26H27N5O2S. The molecular weight excluding hydrogens is 446 g/mol. The zero-order valence-corrected chi connectivity index (χ0v) is 19.8. The predicted molar refractivity (Wildman–Crippen MR) is 135 cm³/mol. The lowest BCUT2D eigenvalue weighted by Crippen LogP contribution is -2.38. The summed E-state index contributed by atoms with van der Waals surface area (Å²) in [5.41, 5.74) is 4.00. The van der Waals surface area contributed by atoms with E-state index in [0.29, 0.717) is 43.9 Å². The Hall–Kier alpha value is -3.36. The first-order valence-electron chi connectivity index (χ1n) is 11.4. The Balaban J connectivity index is 1.41. The van der Waals surface area contributed by atoms with E-state index in [2.05, 4.69) is 45.7 Å². The molecule has 8 heteroatoms. The maximum atomic E-state index is 13.2. The number of nitrogens with zero attached hydrogens (tertiary/aromatic N) is 4. The van der Waals surface area contributed by atoms with Crippen LogP contribution in [-0.2, 0) is 6.54 Å². The van der Waals surface area contributed by atoms with E-state index >= 15 is 0 Å². The number of carbonyl (C=O) groups excluding carboxylic acids is 1. The van der Waals surface area contributed by atoms with Crippen molar-refractivity contribution in [3.05, 3.63) is 78.2 Å². The summed E-state index contributed by atoms with van der Waals surface area (Å²) in [5, 5.41) is 13.0. The van der Waals surface area contributed by atoms with Gasteiger partial charge in [0.25, 0.3) is 5.91 Å². The summed E-state index contributed by atoms with van der Waals surface area (Å²) in [7, 11) is 0. The van der Waals surface area contributed by atoms with Gasteiger partial charge in [0, 0.05) is 35.9 Å². The Kier molecular flexibility index (Phi) is 6.51. The molecule has 1 fully saturated rings. The quantitative estimate of drug-likeness (QED) is 0.412. The molecule has 0 unspecified atom stereocenters. The van der Waals surface area contributed by atoms with Gasteiger partial charge in [-0.05, 0) is 55.5 Å². The fourth-order valence-corrected chi connectivity index (χ4v) is 4.61. The topological polar surface area (TPSA) is 82.8 Å². The Morgan fingerprint density at radius 3 is 2.62 bits per heavy atom. The van der Waals surface area contributed by atoms with Crippen molar-refractivity contribution >= 4 is 29.1 Å². The number of aliphatic hydroxyl groups excluding tert-OH is 1. The number of aromatic nitrogens is 3. The van der Waals surface area contributed by atoms with Crippen molar-refractivity contribution in [1.29, 1.82) is 0 Å². The van der Waals surface area contributed by atoms with Crippen LogP contribution >= 0.6 is 11.8 Å². The number of rotatable bonds is 6. The van der Waals surface area contributed by atoms with E-state index in [1.54, 1.807) is 11.8 Å². The number of hydrogen-bond acceptors (Lipinski definition) is 6. The fourth-order valence-electron chi connectivity index (χ4n) is 4.21. The number of fused-ring (bicyclic) bond motifs is 1. The van der Waals surface area contributed by atoms with Crippen molar-refractivity contribution in [1.82, 2.24) is 19.7 Å². The molecule has 1 aliphatic heterocycles. The van der Waals surface area contributed by atoms with Crippen LogP contribution in [0.5, 0.6) is 0 Å². The standard InChI is InChI=1S/C26H27N5O2S/c1-34-21-7-5-18(6-8-21)23-10-9-22(25(29-23)30-14-11-20(32)12-15-30)26(33)27-16-19-17-31-13-3-2-4-24(31)28-19/h2-10,13,17,20,32H,11-12,14-16H2,1H3,(H,27,33). The van der Waals surface area contributed by atoms with Gasteiger partial charge in [-0.1, -0.05) is 18.2 Å². The second kappa shape index (κ2) is 9.87. The van der Waals surface area contributed by atoms with Crippen LogP contribution in [0.25, 0.3) is 16.9 Å². The number of benzene rings is 1. The Morgan fingerprint density at radius 1 is 1.09 bits per heavy atom. The second-order valence-electron chi connectivity index (χ2n) is 8.40. The van der Waals surface area contributed by atoms with E-state index in [9.17, 15) is 9.90 Å². The highest BCUT2D eigenvalue weighted by atomic mass is 32.2. The molecule has 0 spiro atoms. The molecule has 0 bridgehead atoms. The van der Waals surface area contributed by atoms with Crippen LogP contribution in [-0.4, -0.2) is 50.8 Å². The first-order chi connectivity index (χ1) is 16.6. The summed E-state index contributed by atoms with van der Waals surface area (Å²) in [6, 6.07) is 17.8. The van der Waals surface area contributed by atoms with Crippen molar-refractivity contribution in [2.24, 2.45) is 0 Å². The maximum Gasteiger partial charge on any atom is 0.255 e. The molecule has 0 saturated carbocycles. The normalized spacial score (nSPS) is 14.5. The van der Waals surface area contributed by atoms with E-state index in [-0.39, 0.29) is 12.0 Å². The van der Waals surface area contributed by atoms with E-state index in [1.165, 1.54) is 4.90 Å². The molecule has 2 N–H and O–H groups in total. The van der Waals surface area contributed by atoms with Gasteiger partial charge in [-0.2, -0.15) is 0 Å². The van der Waals surface area contributed by atoms with Gasteiger partial charge < -0.3 is 19.7 Å². The van der Waals surface area contributed by atoms with Crippen molar-refractivity contribution in [2.45, 2.75) is 30.4 Å². The summed E-state index contributed by atoms with van der Waals surface area (Å²) in [6.07, 6.45) is 6.93. The SMILES string of the molecule is CSc1ccc(-c2ccc(C(=O)NCc3cn4ccccc4n3)c(N3CCC(O)CC3)n2)cc1. The third-order valence-corrected chi connectivity index (χ3v) is 6.86. The molecule has 7 nitrogen and oxygen atoms in total. The highest BCUT2D eigenvalue weighted by molar-refractivity contribution is 7.98. The summed E-state index contributed by atoms with van der Waals surface area (Å²) in [4.78, 5) is 26.0. The van der Waals surface area contributed by atoms with Gasteiger partial charge in [0.05, 0.1) is 29.6 Å². The van der Waals surface area contributed by atoms with Crippen LogP contribution in [0.2, 0.25) is 0 Å². The number of aliphatic hydroxyl groups is 1. The summed E-state index contributed by atoms with van der Waals surface area (Å²) < 4.78 is 1.94. The van der Waals surface area contributed by atoms with Gasteiger partial charge >= 0.3 is 0 Å². The minimum atomic E-state index is -0.300. The molecule has 4 heterocycles. The number of pyridine rings is 2. The fraction of sp³-hybridized carbons (Fsp3) is 0.269. The van der Waals surface area contributed by atoms with Gasteiger partial charge in [-0.25, -0.2) is 9.97 Å². The lowest BCUT2D eigenvalue weighted by molar-refractivity contribution is 0.0950. The Morgan fingerprint density at radius 2 is 1.88 bits per heavy atom. The maximum absolute atomic E-state index is 13.2. The molecule has 0 radical (unpaired) electrons. The van der Waals surface area contributed by atoms with Gasteiger partial charge in [-0.3, -0.25) is 4.79 Å². The number of anilines is 1. The molecule has 1 saturated heterocycles. The van der Waals surface area contributed by atoms with Gasteiger partial charge in [0.1, 0.15) is 11.5 Å². The predicted octanol–water partition coefficient (Wildman–Crippen LogP) is 4.01. The molecule has 0 aliphatic carbocycles. The molecule has 1 amide bonds. The highest BCUT2D eigenvalue weighted by Gasteiger charge is 2.24. The third kappa shape index (κ3) is 4.78. The smallest absolute Gasteiger partial charge is 0.255 e. The number of hydrogen-bond donors (Lipinski definition) is 2. The second-order valence-corrected chi connectivity index (χ2v) is 9.28. The van der Waals surface area contributed by atoms with Crippen LogP contribution in [0, 0.1) is 0 Å². The number of nitrogens with one attached hydrogen (secondary N) is 1. The molecule has 1 aromatic carbocycles.